The molecule has 0 aromatic heterocycles. The van der Waals surface area contributed by atoms with Crippen molar-refractivity contribution in [3.05, 3.63) is 65.7 Å². The maximum atomic E-state index is 5.81. The van der Waals surface area contributed by atoms with Gasteiger partial charge < -0.3 is 14.5 Å². The molecular weight excluding hydrogens is 298 g/mol. The molecule has 0 radical (unpaired) electrons. The lowest BCUT2D eigenvalue weighted by Crippen LogP contribution is -2.35. The van der Waals surface area contributed by atoms with Crippen LogP contribution in [0.3, 0.4) is 0 Å². The van der Waals surface area contributed by atoms with Crippen molar-refractivity contribution in [2.75, 3.05) is 34.7 Å². The zero-order valence-corrected chi connectivity index (χ0v) is 15.1. The SMILES string of the molecule is CN(C)C(=NCCc1ccc(OCc2ccccc2)cc1)N(C)C. The molecule has 0 saturated carbocycles. The Bertz CT molecular complexity index is 624. The van der Waals surface area contributed by atoms with Crippen LogP contribution in [0.15, 0.2) is 59.6 Å². The zero-order chi connectivity index (χ0) is 17.4. The van der Waals surface area contributed by atoms with E-state index in [1.54, 1.807) is 0 Å². The summed E-state index contributed by atoms with van der Waals surface area (Å²) >= 11 is 0. The first-order valence-electron chi connectivity index (χ1n) is 8.21. The summed E-state index contributed by atoms with van der Waals surface area (Å²) in [6.45, 7) is 1.37. The maximum absolute atomic E-state index is 5.81. The van der Waals surface area contributed by atoms with E-state index in [2.05, 4.69) is 29.3 Å². The van der Waals surface area contributed by atoms with Crippen LogP contribution in [0.2, 0.25) is 0 Å². The van der Waals surface area contributed by atoms with Crippen molar-refractivity contribution in [1.29, 1.82) is 0 Å². The predicted octanol–water partition coefficient (Wildman–Crippen LogP) is 3.29. The second-order valence-corrected chi connectivity index (χ2v) is 6.14. The van der Waals surface area contributed by atoms with Crippen molar-refractivity contribution in [1.82, 2.24) is 9.80 Å². The second-order valence-electron chi connectivity index (χ2n) is 6.14. The van der Waals surface area contributed by atoms with Gasteiger partial charge in [0.1, 0.15) is 12.4 Å². The molecule has 2 rings (SSSR count). The highest BCUT2D eigenvalue weighted by Gasteiger charge is 2.03. The smallest absolute Gasteiger partial charge is 0.195 e. The first-order valence-corrected chi connectivity index (χ1v) is 8.21. The molecule has 0 unspecified atom stereocenters. The third kappa shape index (κ3) is 5.61. The van der Waals surface area contributed by atoms with Gasteiger partial charge in [0.25, 0.3) is 0 Å². The van der Waals surface area contributed by atoms with Gasteiger partial charge in [0.2, 0.25) is 0 Å². The Morgan fingerprint density at radius 2 is 1.46 bits per heavy atom. The van der Waals surface area contributed by atoms with Crippen LogP contribution in [0.1, 0.15) is 11.1 Å². The van der Waals surface area contributed by atoms with E-state index < -0.39 is 0 Å². The Morgan fingerprint density at radius 1 is 0.833 bits per heavy atom. The number of aliphatic imine (C=N–C) groups is 1. The van der Waals surface area contributed by atoms with Crippen molar-refractivity contribution in [2.45, 2.75) is 13.0 Å². The molecule has 2 aromatic rings. The number of rotatable bonds is 6. The van der Waals surface area contributed by atoms with E-state index in [1.165, 1.54) is 11.1 Å². The highest BCUT2D eigenvalue weighted by atomic mass is 16.5. The van der Waals surface area contributed by atoms with Crippen LogP contribution in [0, 0.1) is 0 Å². The minimum Gasteiger partial charge on any atom is -0.489 e. The molecular formula is C20H27N3O. The molecule has 0 aliphatic rings. The Hall–Kier alpha value is -2.49. The fraction of sp³-hybridized carbons (Fsp3) is 0.350. The summed E-state index contributed by atoms with van der Waals surface area (Å²) in [4.78, 5) is 8.71. The molecule has 24 heavy (non-hydrogen) atoms. The molecule has 0 spiro atoms. The third-order valence-electron chi connectivity index (χ3n) is 3.63. The van der Waals surface area contributed by atoms with Gasteiger partial charge in [-0.25, -0.2) is 0 Å². The lowest BCUT2D eigenvalue weighted by Gasteiger charge is -2.22. The van der Waals surface area contributed by atoms with Crippen LogP contribution in [0.25, 0.3) is 0 Å². The zero-order valence-electron chi connectivity index (χ0n) is 15.1. The molecule has 128 valence electrons. The van der Waals surface area contributed by atoms with Gasteiger partial charge in [0.05, 0.1) is 0 Å². The van der Waals surface area contributed by atoms with E-state index in [0.29, 0.717) is 6.61 Å². The first-order chi connectivity index (χ1) is 11.6. The second kappa shape index (κ2) is 8.96. The van der Waals surface area contributed by atoms with Crippen LogP contribution in [-0.4, -0.2) is 50.5 Å². The molecule has 0 saturated heterocycles. The summed E-state index contributed by atoms with van der Waals surface area (Å²) in [7, 11) is 8.05. The third-order valence-corrected chi connectivity index (χ3v) is 3.63. The first kappa shape index (κ1) is 17.9. The normalized spacial score (nSPS) is 10.2. The Kier molecular flexibility index (Phi) is 6.67. The van der Waals surface area contributed by atoms with Crippen molar-refractivity contribution in [3.8, 4) is 5.75 Å². The monoisotopic (exact) mass is 325 g/mol. The molecule has 2 aromatic carbocycles. The molecule has 4 heteroatoms. The predicted molar refractivity (Wildman–Crippen MR) is 101 cm³/mol. The Labute approximate surface area is 145 Å². The summed E-state index contributed by atoms with van der Waals surface area (Å²) in [6.07, 6.45) is 0.921. The summed E-state index contributed by atoms with van der Waals surface area (Å²) in [5.41, 5.74) is 2.44. The fourth-order valence-electron chi connectivity index (χ4n) is 2.46. The van der Waals surface area contributed by atoms with Gasteiger partial charge in [-0.15, -0.1) is 0 Å². The van der Waals surface area contributed by atoms with Gasteiger partial charge in [-0.3, -0.25) is 4.99 Å². The summed E-state index contributed by atoms with van der Waals surface area (Å²) in [5, 5.41) is 0. The van der Waals surface area contributed by atoms with Gasteiger partial charge in [-0.05, 0) is 29.7 Å². The minimum absolute atomic E-state index is 0.597. The number of benzene rings is 2. The number of guanidine groups is 1. The van der Waals surface area contributed by atoms with E-state index in [4.69, 9.17) is 4.74 Å². The van der Waals surface area contributed by atoms with Crippen LogP contribution in [0.4, 0.5) is 0 Å². The average molecular weight is 325 g/mol. The highest BCUT2D eigenvalue weighted by Crippen LogP contribution is 2.14. The largest absolute Gasteiger partial charge is 0.489 e. The molecule has 0 atom stereocenters. The molecule has 0 N–H and O–H groups in total. The van der Waals surface area contributed by atoms with Gasteiger partial charge in [0.15, 0.2) is 5.96 Å². The van der Waals surface area contributed by atoms with E-state index in [9.17, 15) is 0 Å². The molecule has 0 aliphatic heterocycles. The summed E-state index contributed by atoms with van der Waals surface area (Å²) in [5.74, 6) is 1.88. The average Bonchev–Trinajstić information content (AvgIpc) is 2.58. The number of nitrogens with zero attached hydrogens (tertiary/aromatic N) is 3. The van der Waals surface area contributed by atoms with E-state index >= 15 is 0 Å². The molecule has 0 bridgehead atoms. The van der Waals surface area contributed by atoms with Crippen molar-refractivity contribution in [2.24, 2.45) is 4.99 Å². The van der Waals surface area contributed by atoms with E-state index in [-0.39, 0.29) is 0 Å². The molecule has 0 amide bonds. The summed E-state index contributed by atoms with van der Waals surface area (Å²) in [6, 6.07) is 18.5. The Balaban J connectivity index is 1.84. The Morgan fingerprint density at radius 3 is 2.04 bits per heavy atom. The molecule has 4 nitrogen and oxygen atoms in total. The van der Waals surface area contributed by atoms with Gasteiger partial charge in [-0.1, -0.05) is 42.5 Å². The molecule has 0 heterocycles. The van der Waals surface area contributed by atoms with E-state index in [1.807, 2.05) is 68.3 Å². The maximum Gasteiger partial charge on any atom is 0.195 e. The lowest BCUT2D eigenvalue weighted by atomic mass is 10.1. The van der Waals surface area contributed by atoms with Gasteiger partial charge in [0, 0.05) is 34.7 Å². The van der Waals surface area contributed by atoms with Crippen LogP contribution in [-0.2, 0) is 13.0 Å². The molecule has 0 fully saturated rings. The summed E-state index contributed by atoms with van der Waals surface area (Å²) < 4.78 is 5.81. The fourth-order valence-corrected chi connectivity index (χ4v) is 2.46. The van der Waals surface area contributed by atoms with Crippen LogP contribution < -0.4 is 4.74 Å². The number of ether oxygens (including phenoxy) is 1. The number of hydrogen-bond acceptors (Lipinski definition) is 2. The van der Waals surface area contributed by atoms with E-state index in [0.717, 1.165) is 24.7 Å². The minimum atomic E-state index is 0.597. The highest BCUT2D eigenvalue weighted by molar-refractivity contribution is 5.79. The molecule has 0 aliphatic carbocycles. The topological polar surface area (TPSA) is 28.1 Å². The van der Waals surface area contributed by atoms with Gasteiger partial charge >= 0.3 is 0 Å². The number of hydrogen-bond donors (Lipinski definition) is 0. The van der Waals surface area contributed by atoms with Crippen molar-refractivity contribution in [3.63, 3.8) is 0 Å². The van der Waals surface area contributed by atoms with Gasteiger partial charge in [-0.2, -0.15) is 0 Å². The van der Waals surface area contributed by atoms with Crippen LogP contribution in [0.5, 0.6) is 5.75 Å². The van der Waals surface area contributed by atoms with Crippen LogP contribution >= 0.6 is 0 Å². The quantitative estimate of drug-likeness (QED) is 0.603. The van der Waals surface area contributed by atoms with Crippen molar-refractivity contribution >= 4 is 5.96 Å². The lowest BCUT2D eigenvalue weighted by molar-refractivity contribution is 0.306. The standard InChI is InChI=1S/C20H27N3O/c1-22(2)20(23(3)4)21-15-14-17-10-12-19(13-11-17)24-16-18-8-6-5-7-9-18/h5-13H,14-16H2,1-4H3. The van der Waals surface area contributed by atoms with Crippen molar-refractivity contribution < 1.29 is 4.74 Å².